The van der Waals surface area contributed by atoms with Crippen molar-refractivity contribution in [3.05, 3.63) is 42.2 Å². The van der Waals surface area contributed by atoms with Gasteiger partial charge in [-0.25, -0.2) is 0 Å². The molecular formula is C13H17N3O. The molecule has 0 saturated carbocycles. The minimum absolute atomic E-state index is 0.541. The predicted octanol–water partition coefficient (Wildman–Crippen LogP) is 1.66. The summed E-state index contributed by atoms with van der Waals surface area (Å²) in [5, 5.41) is 4.30. The van der Waals surface area contributed by atoms with Gasteiger partial charge in [0, 0.05) is 25.4 Å². The van der Waals surface area contributed by atoms with Crippen molar-refractivity contribution in [3.8, 4) is 11.1 Å². The number of hydrogen-bond donors (Lipinski definition) is 1. The van der Waals surface area contributed by atoms with E-state index in [1.165, 1.54) is 0 Å². The number of methoxy groups -OCH3 is 1. The van der Waals surface area contributed by atoms with Gasteiger partial charge < -0.3 is 10.5 Å². The maximum absolute atomic E-state index is 5.73. The van der Waals surface area contributed by atoms with Crippen molar-refractivity contribution in [1.29, 1.82) is 0 Å². The van der Waals surface area contributed by atoms with Crippen LogP contribution in [0, 0.1) is 0 Å². The van der Waals surface area contributed by atoms with E-state index in [-0.39, 0.29) is 0 Å². The predicted molar refractivity (Wildman–Crippen MR) is 67.4 cm³/mol. The molecule has 0 fully saturated rings. The molecule has 0 radical (unpaired) electrons. The molecule has 1 heterocycles. The molecule has 0 spiro atoms. The number of ether oxygens (including phenoxy) is 1. The van der Waals surface area contributed by atoms with Crippen molar-refractivity contribution in [2.24, 2.45) is 5.73 Å². The second-order valence-electron chi connectivity index (χ2n) is 3.85. The Bertz CT molecular complexity index is 479. The fraction of sp³-hybridized carbons (Fsp3) is 0.308. The lowest BCUT2D eigenvalue weighted by molar-refractivity contribution is 0.183. The van der Waals surface area contributed by atoms with Gasteiger partial charge in [0.2, 0.25) is 0 Å². The monoisotopic (exact) mass is 231 g/mol. The highest BCUT2D eigenvalue weighted by atomic mass is 16.5. The maximum atomic E-state index is 5.73. The number of benzene rings is 1. The molecule has 1 aromatic carbocycles. The molecule has 0 saturated heterocycles. The summed E-state index contributed by atoms with van der Waals surface area (Å²) in [6.45, 7) is 1.97. The van der Waals surface area contributed by atoms with Gasteiger partial charge in [-0.05, 0) is 11.1 Å². The fourth-order valence-corrected chi connectivity index (χ4v) is 1.79. The summed E-state index contributed by atoms with van der Waals surface area (Å²) >= 11 is 0. The summed E-state index contributed by atoms with van der Waals surface area (Å²) in [7, 11) is 1.69. The topological polar surface area (TPSA) is 53.1 Å². The van der Waals surface area contributed by atoms with E-state index >= 15 is 0 Å². The third-order valence-corrected chi connectivity index (χ3v) is 2.71. The second-order valence-corrected chi connectivity index (χ2v) is 3.85. The highest BCUT2D eigenvalue weighted by Gasteiger charge is 2.05. The summed E-state index contributed by atoms with van der Waals surface area (Å²) in [5.41, 5.74) is 9.12. The maximum Gasteiger partial charge on any atom is 0.0658 e. The third kappa shape index (κ3) is 2.72. The van der Waals surface area contributed by atoms with E-state index < -0.39 is 0 Å². The first-order valence-electron chi connectivity index (χ1n) is 5.65. The van der Waals surface area contributed by atoms with Crippen molar-refractivity contribution in [1.82, 2.24) is 9.78 Å². The first-order valence-corrected chi connectivity index (χ1v) is 5.65. The van der Waals surface area contributed by atoms with Crippen LogP contribution in [0.25, 0.3) is 11.1 Å². The molecule has 2 aromatic rings. The number of nitrogens with zero attached hydrogens (tertiary/aromatic N) is 2. The summed E-state index contributed by atoms with van der Waals surface area (Å²) < 4.78 is 6.91. The van der Waals surface area contributed by atoms with Crippen LogP contribution in [-0.4, -0.2) is 23.5 Å². The van der Waals surface area contributed by atoms with E-state index in [4.69, 9.17) is 10.5 Å². The van der Waals surface area contributed by atoms with Crippen molar-refractivity contribution in [2.45, 2.75) is 13.1 Å². The zero-order valence-electron chi connectivity index (χ0n) is 9.97. The average molecular weight is 231 g/mol. The van der Waals surface area contributed by atoms with Gasteiger partial charge in [-0.1, -0.05) is 24.3 Å². The minimum Gasteiger partial charge on any atom is -0.383 e. The molecule has 4 nitrogen and oxygen atoms in total. The molecule has 90 valence electrons. The van der Waals surface area contributed by atoms with Crippen LogP contribution >= 0.6 is 0 Å². The molecular weight excluding hydrogens is 214 g/mol. The molecule has 0 bridgehead atoms. The summed E-state index contributed by atoms with van der Waals surface area (Å²) in [6.07, 6.45) is 3.89. The van der Waals surface area contributed by atoms with Gasteiger partial charge in [-0.3, -0.25) is 4.68 Å². The molecule has 2 rings (SSSR count). The molecule has 0 aliphatic carbocycles. The van der Waals surface area contributed by atoms with E-state index in [9.17, 15) is 0 Å². The normalized spacial score (nSPS) is 10.7. The minimum atomic E-state index is 0.541. The van der Waals surface area contributed by atoms with E-state index in [1.54, 1.807) is 7.11 Å². The van der Waals surface area contributed by atoms with E-state index in [0.717, 1.165) is 23.2 Å². The van der Waals surface area contributed by atoms with Gasteiger partial charge in [0.25, 0.3) is 0 Å². The van der Waals surface area contributed by atoms with Crippen molar-refractivity contribution in [2.75, 3.05) is 13.7 Å². The smallest absolute Gasteiger partial charge is 0.0658 e. The Labute approximate surface area is 101 Å². The van der Waals surface area contributed by atoms with Crippen LogP contribution in [-0.2, 0) is 17.8 Å². The quantitative estimate of drug-likeness (QED) is 0.851. The fourth-order valence-electron chi connectivity index (χ4n) is 1.79. The zero-order valence-corrected chi connectivity index (χ0v) is 9.97. The molecule has 2 N–H and O–H groups in total. The van der Waals surface area contributed by atoms with E-state index in [0.29, 0.717) is 13.2 Å². The highest BCUT2D eigenvalue weighted by molar-refractivity contribution is 5.65. The molecule has 0 aliphatic heterocycles. The first-order chi connectivity index (χ1) is 8.35. The Balaban J connectivity index is 2.24. The summed E-state index contributed by atoms with van der Waals surface area (Å²) in [5.74, 6) is 0. The van der Waals surface area contributed by atoms with Crippen LogP contribution in [0.2, 0.25) is 0 Å². The molecule has 0 atom stereocenters. The Morgan fingerprint density at radius 3 is 2.94 bits per heavy atom. The van der Waals surface area contributed by atoms with Gasteiger partial charge in [0.15, 0.2) is 0 Å². The van der Waals surface area contributed by atoms with Crippen molar-refractivity contribution < 1.29 is 4.74 Å². The lowest BCUT2D eigenvalue weighted by atomic mass is 10.0. The Kier molecular flexibility index (Phi) is 3.90. The molecule has 0 amide bonds. The number of aromatic nitrogens is 2. The van der Waals surface area contributed by atoms with Crippen molar-refractivity contribution >= 4 is 0 Å². The average Bonchev–Trinajstić information content (AvgIpc) is 2.85. The van der Waals surface area contributed by atoms with Crippen LogP contribution < -0.4 is 5.73 Å². The number of hydrogen-bond acceptors (Lipinski definition) is 3. The third-order valence-electron chi connectivity index (χ3n) is 2.71. The second kappa shape index (κ2) is 5.61. The van der Waals surface area contributed by atoms with E-state index in [1.807, 2.05) is 35.3 Å². The van der Waals surface area contributed by atoms with Gasteiger partial charge in [0.1, 0.15) is 0 Å². The lowest BCUT2D eigenvalue weighted by Crippen LogP contribution is -2.03. The lowest BCUT2D eigenvalue weighted by Gasteiger charge is -2.04. The summed E-state index contributed by atoms with van der Waals surface area (Å²) in [4.78, 5) is 0. The van der Waals surface area contributed by atoms with Crippen LogP contribution in [0.3, 0.4) is 0 Å². The summed E-state index contributed by atoms with van der Waals surface area (Å²) in [6, 6.07) is 8.13. The van der Waals surface area contributed by atoms with Gasteiger partial charge >= 0.3 is 0 Å². The van der Waals surface area contributed by atoms with Crippen LogP contribution in [0.15, 0.2) is 36.7 Å². The first kappa shape index (κ1) is 11.8. The van der Waals surface area contributed by atoms with Crippen LogP contribution in [0.1, 0.15) is 5.56 Å². The van der Waals surface area contributed by atoms with Crippen molar-refractivity contribution in [3.63, 3.8) is 0 Å². The Hall–Kier alpha value is -1.65. The molecule has 0 unspecified atom stereocenters. The Morgan fingerprint density at radius 2 is 2.18 bits per heavy atom. The van der Waals surface area contributed by atoms with Gasteiger partial charge in [0.05, 0.1) is 19.3 Å². The van der Waals surface area contributed by atoms with Crippen LogP contribution in [0.5, 0.6) is 0 Å². The zero-order chi connectivity index (χ0) is 12.1. The largest absolute Gasteiger partial charge is 0.383 e. The van der Waals surface area contributed by atoms with Gasteiger partial charge in [-0.2, -0.15) is 5.10 Å². The number of rotatable bonds is 5. The number of nitrogens with two attached hydrogens (primary N) is 1. The standard InChI is InChI=1S/C13H17N3O/c1-17-7-6-16-10-12(9-15-16)13-5-3-2-4-11(13)8-14/h2-5,9-10H,6-8,14H2,1H3. The molecule has 0 aliphatic rings. The van der Waals surface area contributed by atoms with Gasteiger partial charge in [-0.15, -0.1) is 0 Å². The Morgan fingerprint density at radius 1 is 1.35 bits per heavy atom. The molecule has 1 aromatic heterocycles. The van der Waals surface area contributed by atoms with Crippen LogP contribution in [0.4, 0.5) is 0 Å². The molecule has 4 heteroatoms. The highest BCUT2D eigenvalue weighted by Crippen LogP contribution is 2.22. The molecule has 17 heavy (non-hydrogen) atoms. The van der Waals surface area contributed by atoms with E-state index in [2.05, 4.69) is 11.2 Å². The SMILES string of the molecule is COCCn1cc(-c2ccccc2CN)cn1.